The van der Waals surface area contributed by atoms with E-state index in [0.717, 1.165) is 25.9 Å². The number of nitrogens with one attached hydrogen (secondary N) is 1. The van der Waals surface area contributed by atoms with Gasteiger partial charge in [0.05, 0.1) is 16.8 Å². The third kappa shape index (κ3) is 4.18. The molecule has 0 spiro atoms. The van der Waals surface area contributed by atoms with Crippen LogP contribution in [0.4, 0.5) is 0 Å². The highest BCUT2D eigenvalue weighted by Gasteiger charge is 2.41. The lowest BCUT2D eigenvalue weighted by atomic mass is 9.98. The predicted octanol–water partition coefficient (Wildman–Crippen LogP) is 0.213. The monoisotopic (exact) mass is 338 g/mol. The van der Waals surface area contributed by atoms with Crippen LogP contribution in [0, 0.1) is 5.92 Å². The Balaban J connectivity index is 2.12. The van der Waals surface area contributed by atoms with Gasteiger partial charge in [-0.1, -0.05) is 0 Å². The van der Waals surface area contributed by atoms with Crippen LogP contribution in [0.5, 0.6) is 0 Å². The van der Waals surface area contributed by atoms with Crippen molar-refractivity contribution in [2.75, 3.05) is 31.1 Å². The number of hydrogen-bond donors (Lipinski definition) is 1. The molecule has 1 atom stereocenters. The van der Waals surface area contributed by atoms with Crippen LogP contribution in [-0.4, -0.2) is 63.6 Å². The molecule has 2 aliphatic rings. The van der Waals surface area contributed by atoms with Gasteiger partial charge < -0.3 is 5.32 Å². The summed E-state index contributed by atoms with van der Waals surface area (Å²) >= 11 is 0. The van der Waals surface area contributed by atoms with Crippen molar-refractivity contribution in [2.45, 2.75) is 44.4 Å². The Morgan fingerprint density at radius 3 is 2.29 bits per heavy atom. The van der Waals surface area contributed by atoms with Crippen molar-refractivity contribution in [3.63, 3.8) is 0 Å². The van der Waals surface area contributed by atoms with E-state index < -0.39 is 25.1 Å². The zero-order valence-corrected chi connectivity index (χ0v) is 14.4. The van der Waals surface area contributed by atoms with Crippen molar-refractivity contribution in [2.24, 2.45) is 5.92 Å². The highest BCUT2D eigenvalue weighted by molar-refractivity contribution is 7.95. The van der Waals surface area contributed by atoms with Crippen molar-refractivity contribution in [3.8, 4) is 0 Å². The first kappa shape index (κ1) is 17.2. The van der Waals surface area contributed by atoms with Gasteiger partial charge in [-0.05, 0) is 52.1 Å². The molecule has 0 radical (unpaired) electrons. The quantitative estimate of drug-likeness (QED) is 0.775. The van der Waals surface area contributed by atoms with Crippen LogP contribution in [-0.2, 0) is 19.9 Å². The van der Waals surface area contributed by atoms with Crippen molar-refractivity contribution in [3.05, 3.63) is 0 Å². The molecule has 0 aromatic rings. The molecule has 1 unspecified atom stereocenters. The SMILES string of the molecule is CC(C)N(CC1CCNCC1)S(=O)(=O)C1CCS(=O)(=O)C1. The average Bonchev–Trinajstić information content (AvgIpc) is 2.78. The third-order valence-corrected chi connectivity index (χ3v) is 8.86. The van der Waals surface area contributed by atoms with E-state index in [1.54, 1.807) is 0 Å². The van der Waals surface area contributed by atoms with Gasteiger partial charge in [-0.2, -0.15) is 4.31 Å². The predicted molar refractivity (Wildman–Crippen MR) is 83.4 cm³/mol. The maximum absolute atomic E-state index is 12.8. The normalized spacial score (nSPS) is 27.5. The molecule has 21 heavy (non-hydrogen) atoms. The fraction of sp³-hybridized carbons (Fsp3) is 1.00. The van der Waals surface area contributed by atoms with Crippen LogP contribution in [0.3, 0.4) is 0 Å². The van der Waals surface area contributed by atoms with Gasteiger partial charge in [-0.15, -0.1) is 0 Å². The van der Waals surface area contributed by atoms with Gasteiger partial charge in [-0.25, -0.2) is 16.8 Å². The number of hydrogen-bond acceptors (Lipinski definition) is 5. The lowest BCUT2D eigenvalue weighted by Gasteiger charge is -2.33. The van der Waals surface area contributed by atoms with E-state index in [4.69, 9.17) is 0 Å². The molecular formula is C13H26N2O4S2. The molecule has 0 aromatic carbocycles. The maximum Gasteiger partial charge on any atom is 0.218 e. The van der Waals surface area contributed by atoms with Crippen LogP contribution >= 0.6 is 0 Å². The molecule has 8 heteroatoms. The number of rotatable bonds is 5. The zero-order chi connectivity index (χ0) is 15.7. The number of nitrogens with zero attached hydrogens (tertiary/aromatic N) is 1. The Morgan fingerprint density at radius 1 is 1.19 bits per heavy atom. The van der Waals surface area contributed by atoms with Gasteiger partial charge in [0, 0.05) is 12.6 Å². The minimum Gasteiger partial charge on any atom is -0.317 e. The molecule has 0 aliphatic carbocycles. The second-order valence-electron chi connectivity index (χ2n) is 6.43. The van der Waals surface area contributed by atoms with Crippen LogP contribution in [0.2, 0.25) is 0 Å². The summed E-state index contributed by atoms with van der Waals surface area (Å²) in [5.41, 5.74) is 0. The van der Waals surface area contributed by atoms with E-state index in [1.807, 2.05) is 13.8 Å². The van der Waals surface area contributed by atoms with E-state index in [-0.39, 0.29) is 24.0 Å². The number of sulfonamides is 1. The molecule has 6 nitrogen and oxygen atoms in total. The summed E-state index contributed by atoms with van der Waals surface area (Å²) in [6.45, 7) is 6.09. The van der Waals surface area contributed by atoms with Crippen molar-refractivity contribution >= 4 is 19.9 Å². The van der Waals surface area contributed by atoms with Crippen LogP contribution in [0.1, 0.15) is 33.1 Å². The summed E-state index contributed by atoms with van der Waals surface area (Å²) in [4.78, 5) is 0. The second-order valence-corrected chi connectivity index (χ2v) is 10.8. The lowest BCUT2D eigenvalue weighted by molar-refractivity contribution is 0.259. The third-order valence-electron chi connectivity index (χ3n) is 4.41. The summed E-state index contributed by atoms with van der Waals surface area (Å²) in [5.74, 6) is 0.141. The molecule has 2 rings (SSSR count). The summed E-state index contributed by atoms with van der Waals surface area (Å²) in [7, 11) is -6.72. The Kier molecular flexibility index (Phi) is 5.33. The Hall–Kier alpha value is -0.180. The number of piperidine rings is 1. The molecular weight excluding hydrogens is 312 g/mol. The summed E-state index contributed by atoms with van der Waals surface area (Å²) < 4.78 is 50.3. The zero-order valence-electron chi connectivity index (χ0n) is 12.8. The molecule has 2 aliphatic heterocycles. The minimum absolute atomic E-state index is 0.00379. The van der Waals surface area contributed by atoms with E-state index >= 15 is 0 Å². The van der Waals surface area contributed by atoms with E-state index in [2.05, 4.69) is 5.32 Å². The smallest absolute Gasteiger partial charge is 0.218 e. The lowest BCUT2D eigenvalue weighted by Crippen LogP contribution is -2.47. The highest BCUT2D eigenvalue weighted by atomic mass is 32.2. The van der Waals surface area contributed by atoms with Gasteiger partial charge in [0.25, 0.3) is 0 Å². The van der Waals surface area contributed by atoms with Gasteiger partial charge in [0.15, 0.2) is 9.84 Å². The molecule has 124 valence electrons. The molecule has 0 bridgehead atoms. The topological polar surface area (TPSA) is 83.6 Å². The summed E-state index contributed by atoms with van der Waals surface area (Å²) in [5, 5.41) is 2.52. The summed E-state index contributed by atoms with van der Waals surface area (Å²) in [6.07, 6.45) is 2.18. The van der Waals surface area contributed by atoms with Gasteiger partial charge in [-0.3, -0.25) is 0 Å². The standard InChI is InChI=1S/C13H26N2O4S2/c1-11(2)15(9-12-3-6-14-7-4-12)21(18,19)13-5-8-20(16,17)10-13/h11-14H,3-10H2,1-2H3. The molecule has 2 fully saturated rings. The number of sulfone groups is 1. The molecule has 2 saturated heterocycles. The van der Waals surface area contributed by atoms with Crippen molar-refractivity contribution < 1.29 is 16.8 Å². The van der Waals surface area contributed by atoms with Crippen LogP contribution in [0.25, 0.3) is 0 Å². The van der Waals surface area contributed by atoms with Crippen molar-refractivity contribution in [1.29, 1.82) is 0 Å². The van der Waals surface area contributed by atoms with Crippen LogP contribution < -0.4 is 5.32 Å². The Labute approximate surface area is 128 Å². The minimum atomic E-state index is -3.54. The molecule has 0 amide bonds. The highest BCUT2D eigenvalue weighted by Crippen LogP contribution is 2.26. The van der Waals surface area contributed by atoms with Gasteiger partial charge in [0.2, 0.25) is 10.0 Å². The van der Waals surface area contributed by atoms with E-state index in [9.17, 15) is 16.8 Å². The average molecular weight is 338 g/mol. The summed E-state index contributed by atoms with van der Waals surface area (Å²) in [6, 6.07) is -0.131. The fourth-order valence-electron chi connectivity index (χ4n) is 3.11. The molecule has 0 saturated carbocycles. The van der Waals surface area contributed by atoms with Crippen LogP contribution in [0.15, 0.2) is 0 Å². The Bertz CT molecular complexity index is 551. The fourth-order valence-corrected chi connectivity index (χ4v) is 7.92. The maximum atomic E-state index is 12.8. The first-order chi connectivity index (χ1) is 9.72. The van der Waals surface area contributed by atoms with E-state index in [1.165, 1.54) is 4.31 Å². The van der Waals surface area contributed by atoms with E-state index in [0.29, 0.717) is 12.5 Å². The second kappa shape index (κ2) is 6.52. The van der Waals surface area contributed by atoms with Gasteiger partial charge in [0.1, 0.15) is 0 Å². The largest absolute Gasteiger partial charge is 0.317 e. The van der Waals surface area contributed by atoms with Gasteiger partial charge >= 0.3 is 0 Å². The first-order valence-electron chi connectivity index (χ1n) is 7.64. The molecule has 1 N–H and O–H groups in total. The molecule has 0 aromatic heterocycles. The first-order valence-corrected chi connectivity index (χ1v) is 11.0. The Morgan fingerprint density at radius 2 is 1.81 bits per heavy atom. The molecule has 2 heterocycles. The van der Waals surface area contributed by atoms with Crippen molar-refractivity contribution in [1.82, 2.24) is 9.62 Å².